The summed E-state index contributed by atoms with van der Waals surface area (Å²) in [7, 11) is 0. The second-order valence-electron chi connectivity index (χ2n) is 8.28. The lowest BCUT2D eigenvalue weighted by Gasteiger charge is -2.13. The van der Waals surface area contributed by atoms with Crippen molar-refractivity contribution in [1.29, 1.82) is 0 Å². The predicted octanol–water partition coefficient (Wildman–Crippen LogP) is 6.85. The van der Waals surface area contributed by atoms with Crippen molar-refractivity contribution in [3.8, 4) is 17.1 Å². The fourth-order valence-corrected chi connectivity index (χ4v) is 4.09. The van der Waals surface area contributed by atoms with Gasteiger partial charge in [0.1, 0.15) is 11.5 Å². The number of halogens is 1. The summed E-state index contributed by atoms with van der Waals surface area (Å²) in [4.78, 5) is 12.6. The van der Waals surface area contributed by atoms with Gasteiger partial charge < -0.3 is 19.8 Å². The highest BCUT2D eigenvalue weighted by atomic mass is 35.5. The Balaban J connectivity index is 1.21. The van der Waals surface area contributed by atoms with Gasteiger partial charge >= 0.3 is 0 Å². The molecule has 1 aliphatic heterocycles. The van der Waals surface area contributed by atoms with Crippen molar-refractivity contribution >= 4 is 46.2 Å². The van der Waals surface area contributed by atoms with Crippen LogP contribution in [-0.2, 0) is 0 Å². The second kappa shape index (κ2) is 9.44. The van der Waals surface area contributed by atoms with Crippen molar-refractivity contribution in [1.82, 2.24) is 5.32 Å². The molecule has 4 aromatic rings. The summed E-state index contributed by atoms with van der Waals surface area (Å²) in [5.41, 5.74) is 5.88. The number of aryl methyl sites for hydroxylation is 2. The van der Waals surface area contributed by atoms with Gasteiger partial charge in [-0.3, -0.25) is 10.1 Å². The quantitative estimate of drug-likeness (QED) is 0.264. The van der Waals surface area contributed by atoms with Gasteiger partial charge in [0.05, 0.1) is 5.69 Å². The Morgan fingerprint density at radius 1 is 0.971 bits per heavy atom. The summed E-state index contributed by atoms with van der Waals surface area (Å²) in [6, 6.07) is 22.4. The van der Waals surface area contributed by atoms with Crippen molar-refractivity contribution < 1.29 is 13.9 Å². The monoisotopic (exact) mass is 503 g/mol. The zero-order valence-electron chi connectivity index (χ0n) is 19.0. The van der Waals surface area contributed by atoms with Crippen molar-refractivity contribution in [2.75, 3.05) is 10.6 Å². The predicted molar refractivity (Wildman–Crippen MR) is 142 cm³/mol. The summed E-state index contributed by atoms with van der Waals surface area (Å²) in [5.74, 6) is 1.02. The highest BCUT2D eigenvalue weighted by Crippen LogP contribution is 2.39. The normalized spacial score (nSPS) is 14.0. The third kappa shape index (κ3) is 5.01. The fourth-order valence-electron chi connectivity index (χ4n) is 3.76. The number of carbonyl (C=O) groups excluding carboxylic acids is 1. The molecule has 3 aromatic carbocycles. The van der Waals surface area contributed by atoms with Gasteiger partial charge in [0.25, 0.3) is 5.91 Å². The molecule has 3 N–H and O–H groups in total. The van der Waals surface area contributed by atoms with Gasteiger partial charge in [-0.15, -0.1) is 0 Å². The maximum absolute atomic E-state index is 12.6. The van der Waals surface area contributed by atoms with Crippen LogP contribution >= 0.6 is 23.8 Å². The van der Waals surface area contributed by atoms with E-state index in [1.54, 1.807) is 24.3 Å². The van der Waals surface area contributed by atoms with Crippen LogP contribution in [0.25, 0.3) is 11.3 Å². The van der Waals surface area contributed by atoms with Crippen LogP contribution in [0.2, 0.25) is 5.02 Å². The van der Waals surface area contributed by atoms with E-state index in [9.17, 15) is 4.79 Å². The third-order valence-corrected chi connectivity index (χ3v) is 6.24. The van der Waals surface area contributed by atoms with Gasteiger partial charge in [0.15, 0.2) is 17.1 Å². The van der Waals surface area contributed by atoms with E-state index in [1.807, 2.05) is 30.3 Å². The Morgan fingerprint density at radius 3 is 2.54 bits per heavy atom. The third-order valence-electron chi connectivity index (χ3n) is 5.79. The van der Waals surface area contributed by atoms with Crippen LogP contribution in [0.15, 0.2) is 77.2 Å². The van der Waals surface area contributed by atoms with Crippen LogP contribution in [0.5, 0.6) is 5.75 Å². The SMILES string of the molecule is Cc1ccc(C2Nc3cc(NC(=S)NC(=O)c4ccc(-c5ccc(Cl)cc5)o4)ccc3O2)cc1C. The number of benzene rings is 3. The summed E-state index contributed by atoms with van der Waals surface area (Å²) in [6.45, 7) is 4.17. The maximum atomic E-state index is 12.6. The molecule has 1 aliphatic rings. The Morgan fingerprint density at radius 2 is 1.77 bits per heavy atom. The molecule has 1 unspecified atom stereocenters. The summed E-state index contributed by atoms with van der Waals surface area (Å²) >= 11 is 11.3. The molecule has 1 atom stereocenters. The highest BCUT2D eigenvalue weighted by Gasteiger charge is 2.24. The molecule has 5 rings (SSSR count). The van der Waals surface area contributed by atoms with Gasteiger partial charge in [-0.05, 0) is 91.8 Å². The largest absolute Gasteiger partial charge is 0.464 e. The summed E-state index contributed by atoms with van der Waals surface area (Å²) in [5, 5.41) is 9.85. The number of amides is 1. The molecule has 2 heterocycles. The topological polar surface area (TPSA) is 75.5 Å². The lowest BCUT2D eigenvalue weighted by molar-refractivity contribution is 0.0951. The Bertz CT molecular complexity index is 1430. The Labute approximate surface area is 213 Å². The van der Waals surface area contributed by atoms with Crippen LogP contribution in [0.4, 0.5) is 11.4 Å². The minimum Gasteiger partial charge on any atom is -0.464 e. The van der Waals surface area contributed by atoms with Crippen LogP contribution in [0, 0.1) is 13.8 Å². The number of rotatable bonds is 4. The van der Waals surface area contributed by atoms with Gasteiger partial charge in [0, 0.05) is 21.8 Å². The van der Waals surface area contributed by atoms with E-state index < -0.39 is 5.91 Å². The van der Waals surface area contributed by atoms with Crippen molar-refractivity contribution in [3.63, 3.8) is 0 Å². The maximum Gasteiger partial charge on any atom is 0.293 e. The molecular weight excluding hydrogens is 482 g/mol. The molecular formula is C27H22ClN3O3S. The first-order valence-electron chi connectivity index (χ1n) is 11.0. The van der Waals surface area contributed by atoms with E-state index in [0.717, 1.165) is 22.6 Å². The number of thiocarbonyl (C=S) groups is 1. The minimum atomic E-state index is -0.444. The molecule has 0 saturated carbocycles. The molecule has 35 heavy (non-hydrogen) atoms. The van der Waals surface area contributed by atoms with E-state index in [0.29, 0.717) is 16.5 Å². The molecule has 1 amide bonds. The Kier molecular flexibility index (Phi) is 6.19. The van der Waals surface area contributed by atoms with Crippen LogP contribution in [0.1, 0.15) is 33.5 Å². The first kappa shape index (κ1) is 23.0. The van der Waals surface area contributed by atoms with Crippen LogP contribution < -0.4 is 20.7 Å². The van der Waals surface area contributed by atoms with Gasteiger partial charge in [-0.25, -0.2) is 0 Å². The zero-order chi connectivity index (χ0) is 24.5. The lowest BCUT2D eigenvalue weighted by atomic mass is 10.1. The first-order valence-corrected chi connectivity index (χ1v) is 11.8. The summed E-state index contributed by atoms with van der Waals surface area (Å²) < 4.78 is 11.7. The van der Waals surface area contributed by atoms with Gasteiger partial charge in [-0.1, -0.05) is 29.8 Å². The lowest BCUT2D eigenvalue weighted by Crippen LogP contribution is -2.33. The molecule has 1 aromatic heterocycles. The van der Waals surface area contributed by atoms with Gasteiger partial charge in [-0.2, -0.15) is 0 Å². The number of hydrogen-bond donors (Lipinski definition) is 3. The Hall–Kier alpha value is -3.81. The molecule has 0 fully saturated rings. The molecule has 0 spiro atoms. The number of fused-ring (bicyclic) bond motifs is 1. The first-order chi connectivity index (χ1) is 16.9. The molecule has 8 heteroatoms. The average molecular weight is 504 g/mol. The van der Waals surface area contributed by atoms with Crippen molar-refractivity contribution in [3.05, 3.63) is 100 Å². The van der Waals surface area contributed by atoms with E-state index in [-0.39, 0.29) is 17.1 Å². The molecule has 6 nitrogen and oxygen atoms in total. The number of anilines is 2. The van der Waals surface area contributed by atoms with Crippen LogP contribution in [0.3, 0.4) is 0 Å². The van der Waals surface area contributed by atoms with E-state index in [4.69, 9.17) is 33.0 Å². The van der Waals surface area contributed by atoms with E-state index in [1.165, 1.54) is 11.1 Å². The minimum absolute atomic E-state index is 0.152. The highest BCUT2D eigenvalue weighted by molar-refractivity contribution is 7.80. The van der Waals surface area contributed by atoms with E-state index >= 15 is 0 Å². The average Bonchev–Trinajstić information content (AvgIpc) is 3.49. The molecule has 0 saturated heterocycles. The zero-order valence-corrected chi connectivity index (χ0v) is 20.6. The number of furan rings is 1. The molecule has 0 bridgehead atoms. The molecule has 176 valence electrons. The molecule has 0 radical (unpaired) electrons. The standard InChI is InChI=1S/C27H22ClN3O3S/c1-15-3-4-18(13-16(15)2)26-30-21-14-20(9-10-23(21)34-26)29-27(35)31-25(32)24-12-11-22(33-24)17-5-7-19(28)8-6-17/h3-14,26,30H,1-2H3,(H2,29,31,32,35). The van der Waals surface area contributed by atoms with Crippen molar-refractivity contribution in [2.45, 2.75) is 20.1 Å². The molecule has 0 aliphatic carbocycles. The second-order valence-corrected chi connectivity index (χ2v) is 9.12. The van der Waals surface area contributed by atoms with Gasteiger partial charge in [0.2, 0.25) is 0 Å². The number of hydrogen-bond acceptors (Lipinski definition) is 5. The van der Waals surface area contributed by atoms with Crippen LogP contribution in [-0.4, -0.2) is 11.0 Å². The smallest absolute Gasteiger partial charge is 0.293 e. The number of ether oxygens (including phenoxy) is 1. The number of nitrogens with one attached hydrogen (secondary N) is 3. The van der Waals surface area contributed by atoms with E-state index in [2.05, 4.69) is 48.0 Å². The number of carbonyl (C=O) groups is 1. The van der Waals surface area contributed by atoms with Crippen molar-refractivity contribution in [2.24, 2.45) is 0 Å². The summed E-state index contributed by atoms with van der Waals surface area (Å²) in [6.07, 6.45) is -0.264. The fraction of sp³-hybridized carbons (Fsp3) is 0.111.